The van der Waals surface area contributed by atoms with E-state index in [9.17, 15) is 9.90 Å². The minimum atomic E-state index is -0.356. The van der Waals surface area contributed by atoms with Gasteiger partial charge in [-0.2, -0.15) is 4.98 Å². The molecule has 3 aliphatic rings. The predicted molar refractivity (Wildman–Crippen MR) is 128 cm³/mol. The van der Waals surface area contributed by atoms with Crippen molar-refractivity contribution in [2.75, 3.05) is 18.0 Å². The maximum atomic E-state index is 12.6. The van der Waals surface area contributed by atoms with Crippen LogP contribution < -0.4 is 10.5 Å². The van der Waals surface area contributed by atoms with E-state index in [2.05, 4.69) is 43.6 Å². The van der Waals surface area contributed by atoms with E-state index < -0.39 is 0 Å². The van der Waals surface area contributed by atoms with Crippen LogP contribution in [0.25, 0.3) is 22.6 Å². The van der Waals surface area contributed by atoms with E-state index in [1.165, 1.54) is 0 Å². The number of aromatic nitrogens is 4. The van der Waals surface area contributed by atoms with E-state index in [0.717, 1.165) is 53.7 Å². The molecule has 0 aromatic heterocycles. The molecular weight excluding hydrogens is 402 g/mol. The van der Waals surface area contributed by atoms with Crippen LogP contribution in [0.15, 0.2) is 53.9 Å². The van der Waals surface area contributed by atoms with Crippen LogP contribution in [-0.2, 0) is 6.54 Å². The molecule has 4 rings (SSSR count). The lowest BCUT2D eigenvalue weighted by atomic mass is 10.1. The molecule has 1 aromatic carbocycles. The van der Waals surface area contributed by atoms with Crippen LogP contribution in [0.4, 0.5) is 5.69 Å². The zero-order valence-corrected chi connectivity index (χ0v) is 18.7. The smallest absolute Gasteiger partial charge is 0.301 e. The molecule has 1 saturated heterocycles. The number of hydrogen-bond acceptors (Lipinski definition) is 6. The fourth-order valence-electron chi connectivity index (χ4n) is 4.40. The third-order valence-electron chi connectivity index (χ3n) is 5.96. The molecule has 0 aliphatic carbocycles. The maximum absolute atomic E-state index is 12.6. The number of benzene rings is 1. The van der Waals surface area contributed by atoms with Gasteiger partial charge in [-0.05, 0) is 56.4 Å². The van der Waals surface area contributed by atoms with Crippen molar-refractivity contribution in [1.29, 1.82) is 0 Å². The maximum Gasteiger partial charge on any atom is 0.301 e. The van der Waals surface area contributed by atoms with Gasteiger partial charge in [0.2, 0.25) is 0 Å². The molecule has 3 heterocycles. The second-order valence-electron chi connectivity index (χ2n) is 8.31. The molecule has 1 aromatic rings. The summed E-state index contributed by atoms with van der Waals surface area (Å²) in [7, 11) is 0. The van der Waals surface area contributed by atoms with Gasteiger partial charge in [0.15, 0.2) is 11.5 Å². The standard InChI is InChI=1S/C25H29N5O2/c1-5-8-18(6-2)9-7-11-30-22-14-21(29-12-10-19(31)15-29)16(3)13-20(22)28-23-24(30)26-17(4)27-25(23)32/h5-6,8,13-14,19,31H,1-2,7,9-12,15H2,3-4H3. The lowest BCUT2D eigenvalue weighted by Crippen LogP contribution is -2.23. The quantitative estimate of drug-likeness (QED) is 0.455. The second-order valence-corrected chi connectivity index (χ2v) is 8.31. The van der Waals surface area contributed by atoms with Crippen LogP contribution in [0, 0.1) is 13.8 Å². The van der Waals surface area contributed by atoms with Crippen LogP contribution in [-0.4, -0.2) is 43.8 Å². The van der Waals surface area contributed by atoms with E-state index >= 15 is 0 Å². The number of aryl methyl sites for hydroxylation is 3. The summed E-state index contributed by atoms with van der Waals surface area (Å²) in [6.45, 7) is 13.5. The molecule has 166 valence electrons. The van der Waals surface area contributed by atoms with Gasteiger partial charge in [0, 0.05) is 25.3 Å². The number of anilines is 1. The van der Waals surface area contributed by atoms with Crippen LogP contribution in [0.5, 0.6) is 0 Å². The predicted octanol–water partition coefficient (Wildman–Crippen LogP) is 3.56. The molecule has 0 amide bonds. The number of hydrogen-bond donors (Lipinski definition) is 1. The number of allylic oxidation sites excluding steroid dienone is 4. The fraction of sp³-hybridized carbons (Fsp3) is 0.360. The molecule has 1 N–H and O–H groups in total. The molecule has 0 spiro atoms. The highest BCUT2D eigenvalue weighted by atomic mass is 16.3. The highest BCUT2D eigenvalue weighted by molar-refractivity contribution is 5.84. The van der Waals surface area contributed by atoms with Gasteiger partial charge in [0.05, 0.1) is 17.1 Å². The number of β-amino-alcohol motifs (C(OH)–C–C–N with tert-alkyl or cyclic N) is 1. The largest absolute Gasteiger partial charge is 0.391 e. The van der Waals surface area contributed by atoms with Crippen molar-refractivity contribution in [3.05, 3.63) is 70.8 Å². The van der Waals surface area contributed by atoms with Gasteiger partial charge in [-0.15, -0.1) is 0 Å². The van der Waals surface area contributed by atoms with Crippen LogP contribution >= 0.6 is 0 Å². The summed E-state index contributed by atoms with van der Waals surface area (Å²) in [6.07, 6.45) is 7.70. The van der Waals surface area contributed by atoms with Crippen molar-refractivity contribution in [3.63, 3.8) is 0 Å². The second kappa shape index (κ2) is 9.04. The zero-order chi connectivity index (χ0) is 22.8. The third kappa shape index (κ3) is 4.21. The number of nitrogens with zero attached hydrogens (tertiary/aromatic N) is 5. The molecule has 1 unspecified atom stereocenters. The monoisotopic (exact) mass is 431 g/mol. The van der Waals surface area contributed by atoms with Crippen molar-refractivity contribution in [2.24, 2.45) is 0 Å². The van der Waals surface area contributed by atoms with E-state index in [1.54, 1.807) is 13.0 Å². The van der Waals surface area contributed by atoms with Crippen molar-refractivity contribution in [3.8, 4) is 11.5 Å². The Bertz CT molecular complexity index is 1240. The molecule has 7 nitrogen and oxygen atoms in total. The van der Waals surface area contributed by atoms with Gasteiger partial charge in [-0.25, -0.2) is 9.97 Å². The number of aliphatic hydroxyl groups excluding tert-OH is 1. The van der Waals surface area contributed by atoms with Gasteiger partial charge in [0.1, 0.15) is 5.82 Å². The summed E-state index contributed by atoms with van der Waals surface area (Å²) < 4.78 is 2.08. The summed E-state index contributed by atoms with van der Waals surface area (Å²) in [6, 6.07) is 4.13. The Labute approximate surface area is 187 Å². The first kappa shape index (κ1) is 21.9. The van der Waals surface area contributed by atoms with Crippen molar-refractivity contribution in [1.82, 2.24) is 19.5 Å². The first-order valence-electron chi connectivity index (χ1n) is 11.0. The van der Waals surface area contributed by atoms with Crippen LogP contribution in [0.3, 0.4) is 0 Å². The van der Waals surface area contributed by atoms with Crippen molar-refractivity contribution in [2.45, 2.75) is 45.8 Å². The van der Waals surface area contributed by atoms with E-state index in [0.29, 0.717) is 24.7 Å². The average Bonchev–Trinajstić information content (AvgIpc) is 3.18. The van der Waals surface area contributed by atoms with Gasteiger partial charge in [-0.3, -0.25) is 4.79 Å². The lowest BCUT2D eigenvalue weighted by Gasteiger charge is -2.23. The van der Waals surface area contributed by atoms with E-state index in [4.69, 9.17) is 0 Å². The molecule has 7 heteroatoms. The summed E-state index contributed by atoms with van der Waals surface area (Å²) in [4.78, 5) is 28.0. The highest BCUT2D eigenvalue weighted by Gasteiger charge is 2.24. The molecule has 0 radical (unpaired) electrons. The van der Waals surface area contributed by atoms with Gasteiger partial charge < -0.3 is 14.6 Å². The van der Waals surface area contributed by atoms with E-state index in [1.807, 2.05) is 25.1 Å². The Balaban J connectivity index is 1.85. The first-order chi connectivity index (χ1) is 15.4. The molecule has 3 aliphatic heterocycles. The number of rotatable bonds is 7. The minimum absolute atomic E-state index is 0.289. The Hall–Kier alpha value is -3.32. The molecule has 1 fully saturated rings. The minimum Gasteiger partial charge on any atom is -0.391 e. The highest BCUT2D eigenvalue weighted by Crippen LogP contribution is 2.31. The van der Waals surface area contributed by atoms with Crippen molar-refractivity contribution < 1.29 is 5.11 Å². The van der Waals surface area contributed by atoms with Gasteiger partial charge in [-0.1, -0.05) is 31.4 Å². The summed E-state index contributed by atoms with van der Waals surface area (Å²) in [5.41, 5.74) is 4.85. The third-order valence-corrected chi connectivity index (χ3v) is 5.96. The Morgan fingerprint density at radius 3 is 2.75 bits per heavy atom. The summed E-state index contributed by atoms with van der Waals surface area (Å²) >= 11 is 0. The average molecular weight is 432 g/mol. The molecule has 1 atom stereocenters. The van der Waals surface area contributed by atoms with Crippen LogP contribution in [0.1, 0.15) is 30.7 Å². The first-order valence-corrected chi connectivity index (χ1v) is 11.0. The molecular formula is C25H29N5O2. The Morgan fingerprint density at radius 2 is 2.06 bits per heavy atom. The normalized spacial score (nSPS) is 16.8. The SMILES string of the molecule is C=CC=C(C=C)CCCn1c2nc(C)nc(=O)c-2nc2cc(C)c(N3CCC(O)C3)cc21. The van der Waals surface area contributed by atoms with Gasteiger partial charge >= 0.3 is 5.56 Å². The lowest BCUT2D eigenvalue weighted by molar-refractivity contribution is 0.198. The summed E-state index contributed by atoms with van der Waals surface area (Å²) in [5.74, 6) is 0.991. The molecule has 0 saturated carbocycles. The molecule has 0 bridgehead atoms. The number of fused-ring (bicyclic) bond motifs is 2. The van der Waals surface area contributed by atoms with Crippen molar-refractivity contribution >= 4 is 16.7 Å². The Morgan fingerprint density at radius 1 is 1.25 bits per heavy atom. The van der Waals surface area contributed by atoms with Gasteiger partial charge in [0.25, 0.3) is 0 Å². The molecule has 32 heavy (non-hydrogen) atoms. The Kier molecular flexibility index (Phi) is 6.19. The van der Waals surface area contributed by atoms with E-state index in [-0.39, 0.29) is 17.4 Å². The van der Waals surface area contributed by atoms with Crippen LogP contribution in [0.2, 0.25) is 0 Å². The fourth-order valence-corrected chi connectivity index (χ4v) is 4.40. The topological polar surface area (TPSA) is 84.1 Å². The zero-order valence-electron chi connectivity index (χ0n) is 18.7. The summed E-state index contributed by atoms with van der Waals surface area (Å²) in [5, 5.41) is 10.0. The number of aliphatic hydroxyl groups is 1.